The lowest BCUT2D eigenvalue weighted by molar-refractivity contribution is 0.267. The lowest BCUT2D eigenvalue weighted by atomic mass is 10.1. The molecule has 0 saturated heterocycles. The van der Waals surface area contributed by atoms with E-state index in [4.69, 9.17) is 9.47 Å². The van der Waals surface area contributed by atoms with Gasteiger partial charge < -0.3 is 14.8 Å². The Morgan fingerprint density at radius 1 is 0.862 bits per heavy atom. The molecule has 0 aliphatic heterocycles. The van der Waals surface area contributed by atoms with Crippen LogP contribution in [-0.2, 0) is 19.7 Å². The summed E-state index contributed by atoms with van der Waals surface area (Å²) >= 11 is 3.61. The summed E-state index contributed by atoms with van der Waals surface area (Å²) in [6.07, 6.45) is 0. The van der Waals surface area contributed by atoms with Gasteiger partial charge in [0.15, 0.2) is 11.5 Å². The van der Waals surface area contributed by atoms with Crippen LogP contribution in [0.3, 0.4) is 0 Å². The van der Waals surface area contributed by atoms with Gasteiger partial charge in [0.05, 0.1) is 11.1 Å². The molecule has 0 spiro atoms. The van der Waals surface area contributed by atoms with Crippen LogP contribution in [0.25, 0.3) is 0 Å². The van der Waals surface area contributed by atoms with Crippen LogP contribution in [0.15, 0.2) is 71.2 Å². The topological polar surface area (TPSA) is 30.5 Å². The van der Waals surface area contributed by atoms with E-state index in [-0.39, 0.29) is 18.2 Å². The van der Waals surface area contributed by atoms with Crippen LogP contribution in [0.2, 0.25) is 0 Å². The summed E-state index contributed by atoms with van der Waals surface area (Å²) in [5.74, 6) is 1.19. The molecule has 29 heavy (non-hydrogen) atoms. The highest BCUT2D eigenvalue weighted by molar-refractivity contribution is 9.10. The van der Waals surface area contributed by atoms with E-state index in [0.717, 1.165) is 21.2 Å². The molecule has 154 valence electrons. The normalized spacial score (nSPS) is 10.3. The van der Waals surface area contributed by atoms with E-state index in [1.54, 1.807) is 12.1 Å². The largest absolute Gasteiger partial charge is 0.490 e. The number of halogens is 3. The van der Waals surface area contributed by atoms with Crippen molar-refractivity contribution in [1.29, 1.82) is 0 Å². The van der Waals surface area contributed by atoms with Crippen molar-refractivity contribution in [3.63, 3.8) is 0 Å². The molecule has 1 N–H and O–H groups in total. The minimum atomic E-state index is -0.222. The van der Waals surface area contributed by atoms with Gasteiger partial charge in [0.1, 0.15) is 12.4 Å². The van der Waals surface area contributed by atoms with Gasteiger partial charge in [0.2, 0.25) is 0 Å². The molecule has 0 aliphatic rings. The van der Waals surface area contributed by atoms with Crippen molar-refractivity contribution in [2.24, 2.45) is 0 Å². The number of benzene rings is 3. The van der Waals surface area contributed by atoms with Crippen molar-refractivity contribution in [3.05, 3.63) is 93.7 Å². The average molecular weight is 481 g/mol. The summed E-state index contributed by atoms with van der Waals surface area (Å²) in [5.41, 5.74) is 3.21. The molecule has 6 heteroatoms. The predicted octanol–water partition coefficient (Wildman–Crippen LogP) is 6.28. The minimum Gasteiger partial charge on any atom is -0.490 e. The van der Waals surface area contributed by atoms with Crippen molar-refractivity contribution in [3.8, 4) is 11.5 Å². The smallest absolute Gasteiger partial charge is 0.175 e. The van der Waals surface area contributed by atoms with Crippen molar-refractivity contribution < 1.29 is 13.9 Å². The van der Waals surface area contributed by atoms with Gasteiger partial charge in [-0.05, 0) is 63.8 Å². The summed E-state index contributed by atoms with van der Waals surface area (Å²) in [4.78, 5) is 0. The quantitative estimate of drug-likeness (QED) is 0.391. The highest BCUT2D eigenvalue weighted by atomic mass is 79.9. The number of hydrogen-bond acceptors (Lipinski definition) is 3. The van der Waals surface area contributed by atoms with Gasteiger partial charge in [0, 0.05) is 13.1 Å². The Morgan fingerprint density at radius 2 is 1.55 bits per heavy atom. The minimum absolute atomic E-state index is 0. The Labute approximate surface area is 185 Å². The van der Waals surface area contributed by atoms with Gasteiger partial charge in [-0.3, -0.25) is 0 Å². The molecule has 0 aliphatic carbocycles. The molecule has 0 saturated carbocycles. The van der Waals surface area contributed by atoms with E-state index in [9.17, 15) is 4.39 Å². The fraction of sp³-hybridized carbons (Fsp3) is 0.217. The maximum absolute atomic E-state index is 13.0. The Bertz CT molecular complexity index is 891. The van der Waals surface area contributed by atoms with Crippen molar-refractivity contribution in [2.75, 3.05) is 6.61 Å². The van der Waals surface area contributed by atoms with Crippen molar-refractivity contribution in [1.82, 2.24) is 5.32 Å². The molecule has 3 aromatic carbocycles. The molecule has 3 nitrogen and oxygen atoms in total. The number of nitrogens with one attached hydrogen (secondary N) is 1. The number of rotatable bonds is 9. The summed E-state index contributed by atoms with van der Waals surface area (Å²) in [6.45, 7) is 4.31. The molecular weight excluding hydrogens is 457 g/mol. The van der Waals surface area contributed by atoms with E-state index in [1.165, 1.54) is 12.1 Å². The maximum atomic E-state index is 13.0. The molecule has 0 atom stereocenters. The third-order valence-corrected chi connectivity index (χ3v) is 4.76. The van der Waals surface area contributed by atoms with Gasteiger partial charge in [-0.25, -0.2) is 4.39 Å². The SMILES string of the molecule is CCOc1cc(CNCc2ccc(F)cc2)cc(Br)c1OCc1ccccc1.Cl. The summed E-state index contributed by atoms with van der Waals surface area (Å²) in [7, 11) is 0. The Kier molecular flexibility index (Phi) is 9.45. The molecule has 0 radical (unpaired) electrons. The highest BCUT2D eigenvalue weighted by Gasteiger charge is 2.12. The first kappa shape index (κ1) is 23.2. The van der Waals surface area contributed by atoms with Gasteiger partial charge in [0.25, 0.3) is 0 Å². The standard InChI is InChI=1S/C23H23BrFNO2.ClH/c1-2-27-22-13-19(15-26-14-17-8-10-20(25)11-9-17)12-21(24)23(22)28-16-18-6-4-3-5-7-18;/h3-13,26H,2,14-16H2,1H3;1H. The van der Waals surface area contributed by atoms with Gasteiger partial charge in [-0.1, -0.05) is 42.5 Å². The van der Waals surface area contributed by atoms with Crippen LogP contribution in [0.5, 0.6) is 11.5 Å². The Balaban J connectivity index is 0.00000300. The second-order valence-corrected chi connectivity index (χ2v) is 7.20. The van der Waals surface area contributed by atoms with Crippen LogP contribution in [-0.4, -0.2) is 6.61 Å². The van der Waals surface area contributed by atoms with E-state index in [2.05, 4.69) is 21.2 Å². The molecule has 0 amide bonds. The Morgan fingerprint density at radius 3 is 2.24 bits per heavy atom. The summed E-state index contributed by atoms with van der Waals surface area (Å²) in [6, 6.07) is 20.6. The maximum Gasteiger partial charge on any atom is 0.175 e. The second kappa shape index (κ2) is 11.8. The Hall–Kier alpha value is -2.08. The zero-order chi connectivity index (χ0) is 19.8. The monoisotopic (exact) mass is 479 g/mol. The molecule has 0 aromatic heterocycles. The molecule has 3 aromatic rings. The van der Waals surface area contributed by atoms with Crippen molar-refractivity contribution in [2.45, 2.75) is 26.6 Å². The van der Waals surface area contributed by atoms with Crippen molar-refractivity contribution >= 4 is 28.3 Å². The zero-order valence-electron chi connectivity index (χ0n) is 16.2. The first-order chi connectivity index (χ1) is 13.7. The van der Waals surface area contributed by atoms with Crippen LogP contribution in [0.1, 0.15) is 23.6 Å². The van der Waals surface area contributed by atoms with E-state index in [1.807, 2.05) is 49.4 Å². The first-order valence-corrected chi connectivity index (χ1v) is 10.0. The van der Waals surface area contributed by atoms with Gasteiger partial charge >= 0.3 is 0 Å². The summed E-state index contributed by atoms with van der Waals surface area (Å²) < 4.78 is 25.7. The molecule has 0 bridgehead atoms. The van der Waals surface area contributed by atoms with E-state index in [0.29, 0.717) is 37.8 Å². The molecule has 0 heterocycles. The van der Waals surface area contributed by atoms with Crippen LogP contribution in [0.4, 0.5) is 4.39 Å². The first-order valence-electron chi connectivity index (χ1n) is 9.23. The van der Waals surface area contributed by atoms with Gasteiger partial charge in [-0.2, -0.15) is 0 Å². The van der Waals surface area contributed by atoms with E-state index >= 15 is 0 Å². The van der Waals surface area contributed by atoms with E-state index < -0.39 is 0 Å². The third-order valence-electron chi connectivity index (χ3n) is 4.17. The van der Waals surface area contributed by atoms with Crippen LogP contribution in [0, 0.1) is 5.82 Å². The molecule has 0 unspecified atom stereocenters. The second-order valence-electron chi connectivity index (χ2n) is 6.34. The highest BCUT2D eigenvalue weighted by Crippen LogP contribution is 2.37. The fourth-order valence-corrected chi connectivity index (χ4v) is 3.41. The zero-order valence-corrected chi connectivity index (χ0v) is 18.6. The van der Waals surface area contributed by atoms with Gasteiger partial charge in [-0.15, -0.1) is 12.4 Å². The average Bonchev–Trinajstić information content (AvgIpc) is 2.70. The lowest BCUT2D eigenvalue weighted by Crippen LogP contribution is -2.13. The number of hydrogen-bond donors (Lipinski definition) is 1. The third kappa shape index (κ3) is 7.03. The molecule has 0 fully saturated rings. The lowest BCUT2D eigenvalue weighted by Gasteiger charge is -2.16. The molecule has 3 rings (SSSR count). The van der Waals surface area contributed by atoms with Crippen LogP contribution >= 0.6 is 28.3 Å². The van der Waals surface area contributed by atoms with Crippen LogP contribution < -0.4 is 14.8 Å². The predicted molar refractivity (Wildman–Crippen MR) is 120 cm³/mol. The molecular formula is C23H24BrClFNO2. The number of ether oxygens (including phenoxy) is 2. The summed E-state index contributed by atoms with van der Waals surface area (Å²) in [5, 5.41) is 3.37. The fourth-order valence-electron chi connectivity index (χ4n) is 2.81.